The quantitative estimate of drug-likeness (QED) is 0.842. The van der Waals surface area contributed by atoms with Crippen LogP contribution in [0.1, 0.15) is 39.5 Å². The van der Waals surface area contributed by atoms with Crippen molar-refractivity contribution in [1.29, 1.82) is 0 Å². The Balaban J connectivity index is 1.75. The van der Waals surface area contributed by atoms with Crippen LogP contribution in [0.25, 0.3) is 11.1 Å². The van der Waals surface area contributed by atoms with Gasteiger partial charge in [-0.3, -0.25) is 0 Å². The van der Waals surface area contributed by atoms with E-state index >= 15 is 0 Å². The highest BCUT2D eigenvalue weighted by molar-refractivity contribution is 5.78. The molecule has 0 spiro atoms. The first-order valence-electron chi connectivity index (χ1n) is 7.71. The van der Waals surface area contributed by atoms with Crippen LogP contribution in [0.5, 0.6) is 0 Å². The van der Waals surface area contributed by atoms with Crippen molar-refractivity contribution in [3.8, 4) is 0 Å². The Bertz CT molecular complexity index is 619. The average Bonchev–Trinajstić information content (AvgIpc) is 2.88. The van der Waals surface area contributed by atoms with E-state index in [1.54, 1.807) is 0 Å². The minimum absolute atomic E-state index is 0.00758. The zero-order valence-corrected chi connectivity index (χ0v) is 12.7. The largest absolute Gasteiger partial charge is 0.424 e. The summed E-state index contributed by atoms with van der Waals surface area (Å²) in [6.45, 7) is 5.16. The van der Waals surface area contributed by atoms with Crippen LogP contribution in [0.3, 0.4) is 0 Å². The highest BCUT2D eigenvalue weighted by Gasteiger charge is 2.34. The number of aromatic nitrogens is 1. The number of nitrogen functional groups attached to an aromatic ring is 1. The van der Waals surface area contributed by atoms with Crippen LogP contribution in [0.2, 0.25) is 0 Å². The molecule has 1 aliphatic rings. The predicted octanol–water partition coefficient (Wildman–Crippen LogP) is 3.56. The number of nitrogens with zero attached hydrogens (tertiary/aromatic N) is 1. The molecule has 0 bridgehead atoms. The molecular weight excluding hydrogens is 266 g/mol. The van der Waals surface area contributed by atoms with Gasteiger partial charge in [-0.2, -0.15) is 4.98 Å². The maximum absolute atomic E-state index is 6.00. The van der Waals surface area contributed by atoms with E-state index in [1.165, 1.54) is 0 Å². The van der Waals surface area contributed by atoms with Crippen molar-refractivity contribution in [1.82, 2.24) is 4.98 Å². The lowest BCUT2D eigenvalue weighted by Crippen LogP contribution is -2.43. The minimum atomic E-state index is -0.00758. The fourth-order valence-electron chi connectivity index (χ4n) is 3.07. The first-order chi connectivity index (χ1) is 10.1. The number of anilines is 2. The van der Waals surface area contributed by atoms with Crippen LogP contribution < -0.4 is 11.1 Å². The second kappa shape index (κ2) is 5.56. The molecule has 5 heteroatoms. The summed E-state index contributed by atoms with van der Waals surface area (Å²) in [6, 6.07) is 6.42. The first-order valence-corrected chi connectivity index (χ1v) is 7.71. The second-order valence-corrected chi connectivity index (χ2v) is 5.82. The predicted molar refractivity (Wildman–Crippen MR) is 84.3 cm³/mol. The Hall–Kier alpha value is -1.75. The number of fused-ring (bicyclic) bond motifs is 1. The molecule has 1 fully saturated rings. The molecule has 2 heterocycles. The van der Waals surface area contributed by atoms with Gasteiger partial charge in [0.15, 0.2) is 5.58 Å². The Labute approximate surface area is 124 Å². The molecule has 5 nitrogen and oxygen atoms in total. The van der Waals surface area contributed by atoms with E-state index in [4.69, 9.17) is 14.9 Å². The van der Waals surface area contributed by atoms with E-state index in [-0.39, 0.29) is 5.60 Å². The van der Waals surface area contributed by atoms with Gasteiger partial charge in [0.05, 0.1) is 5.60 Å². The molecule has 1 atom stereocenters. The second-order valence-electron chi connectivity index (χ2n) is 5.82. The Kier molecular flexibility index (Phi) is 3.76. The molecule has 114 valence electrons. The van der Waals surface area contributed by atoms with E-state index in [1.807, 2.05) is 18.2 Å². The van der Waals surface area contributed by atoms with Crippen molar-refractivity contribution < 1.29 is 9.15 Å². The van der Waals surface area contributed by atoms with Gasteiger partial charge in [0.1, 0.15) is 5.52 Å². The highest BCUT2D eigenvalue weighted by Crippen LogP contribution is 2.33. The molecule has 1 saturated heterocycles. The molecule has 21 heavy (non-hydrogen) atoms. The molecule has 1 aromatic carbocycles. The molecule has 1 aliphatic heterocycles. The zero-order valence-electron chi connectivity index (χ0n) is 12.7. The van der Waals surface area contributed by atoms with Gasteiger partial charge in [0.2, 0.25) is 0 Å². The smallest absolute Gasteiger partial charge is 0.295 e. The van der Waals surface area contributed by atoms with Crippen LogP contribution in [-0.4, -0.2) is 23.2 Å². The molecular formula is C16H23N3O2. The fourth-order valence-corrected chi connectivity index (χ4v) is 3.07. The van der Waals surface area contributed by atoms with Gasteiger partial charge in [0, 0.05) is 18.3 Å². The van der Waals surface area contributed by atoms with Crippen molar-refractivity contribution in [3.63, 3.8) is 0 Å². The first kappa shape index (κ1) is 14.2. The van der Waals surface area contributed by atoms with Crippen LogP contribution in [0.15, 0.2) is 22.6 Å². The third-order valence-electron chi connectivity index (χ3n) is 4.52. The molecule has 1 aromatic heterocycles. The van der Waals surface area contributed by atoms with Gasteiger partial charge in [-0.1, -0.05) is 13.8 Å². The van der Waals surface area contributed by atoms with Gasteiger partial charge in [-0.05, 0) is 43.9 Å². The Morgan fingerprint density at radius 2 is 2.19 bits per heavy atom. The third kappa shape index (κ3) is 2.83. The molecule has 0 amide bonds. The summed E-state index contributed by atoms with van der Waals surface area (Å²) in [5.74, 6) is 0. The molecule has 0 aliphatic carbocycles. The Morgan fingerprint density at radius 1 is 1.38 bits per heavy atom. The number of nitrogens with one attached hydrogen (secondary N) is 1. The van der Waals surface area contributed by atoms with Crippen LogP contribution in [-0.2, 0) is 4.74 Å². The zero-order chi connectivity index (χ0) is 14.9. The van der Waals surface area contributed by atoms with Gasteiger partial charge in [0.25, 0.3) is 6.01 Å². The van der Waals surface area contributed by atoms with Crippen LogP contribution >= 0.6 is 0 Å². The van der Waals surface area contributed by atoms with Gasteiger partial charge in [-0.25, -0.2) is 0 Å². The lowest BCUT2D eigenvalue weighted by Gasteiger charge is -2.40. The van der Waals surface area contributed by atoms with Crippen LogP contribution in [0.4, 0.5) is 11.7 Å². The van der Waals surface area contributed by atoms with E-state index in [2.05, 4.69) is 24.1 Å². The number of rotatable bonds is 4. The molecule has 2 aromatic rings. The summed E-state index contributed by atoms with van der Waals surface area (Å²) in [6.07, 6.45) is 4.03. The summed E-state index contributed by atoms with van der Waals surface area (Å²) >= 11 is 0. The van der Waals surface area contributed by atoms with Crippen LogP contribution in [0, 0.1) is 0 Å². The van der Waals surface area contributed by atoms with E-state index in [0.29, 0.717) is 17.7 Å². The maximum atomic E-state index is 6.00. The standard InChI is InChI=1S/C16H23N3O2/c1-3-16(4-2)10-12(7-8-20-16)18-15-19-13-9-11(17)5-6-14(13)21-15/h5-6,9,12H,3-4,7-8,10,17H2,1-2H3,(H,18,19). The number of oxazole rings is 1. The topological polar surface area (TPSA) is 73.3 Å². The lowest BCUT2D eigenvalue weighted by molar-refractivity contribution is -0.0866. The summed E-state index contributed by atoms with van der Waals surface area (Å²) in [5, 5.41) is 3.41. The molecule has 1 unspecified atom stereocenters. The van der Waals surface area contributed by atoms with Crippen molar-refractivity contribution in [3.05, 3.63) is 18.2 Å². The fraction of sp³-hybridized carbons (Fsp3) is 0.562. The lowest BCUT2D eigenvalue weighted by atomic mass is 9.86. The van der Waals surface area contributed by atoms with Crippen molar-refractivity contribution in [2.75, 3.05) is 17.7 Å². The number of benzene rings is 1. The van der Waals surface area contributed by atoms with Crippen molar-refractivity contribution >= 4 is 22.8 Å². The highest BCUT2D eigenvalue weighted by atomic mass is 16.5. The summed E-state index contributed by atoms with van der Waals surface area (Å²) < 4.78 is 11.7. The van der Waals surface area contributed by atoms with E-state index < -0.39 is 0 Å². The third-order valence-corrected chi connectivity index (χ3v) is 4.52. The number of hydrogen-bond donors (Lipinski definition) is 2. The van der Waals surface area contributed by atoms with E-state index in [9.17, 15) is 0 Å². The summed E-state index contributed by atoms with van der Waals surface area (Å²) in [5.41, 5.74) is 8.01. The summed E-state index contributed by atoms with van der Waals surface area (Å²) in [7, 11) is 0. The van der Waals surface area contributed by atoms with Gasteiger partial charge in [-0.15, -0.1) is 0 Å². The van der Waals surface area contributed by atoms with Gasteiger partial charge < -0.3 is 20.2 Å². The molecule has 3 N–H and O–H groups in total. The monoisotopic (exact) mass is 289 g/mol. The normalized spacial score (nSPS) is 21.5. The minimum Gasteiger partial charge on any atom is -0.424 e. The van der Waals surface area contributed by atoms with Crippen molar-refractivity contribution in [2.24, 2.45) is 0 Å². The Morgan fingerprint density at radius 3 is 2.95 bits per heavy atom. The molecule has 3 rings (SSSR count). The molecule has 0 radical (unpaired) electrons. The maximum Gasteiger partial charge on any atom is 0.295 e. The average molecular weight is 289 g/mol. The molecule has 0 saturated carbocycles. The SMILES string of the molecule is CCC1(CC)CC(Nc2nc3cc(N)ccc3o2)CCO1. The van der Waals surface area contributed by atoms with Crippen molar-refractivity contribution in [2.45, 2.75) is 51.2 Å². The van der Waals surface area contributed by atoms with Gasteiger partial charge >= 0.3 is 0 Å². The number of hydrogen-bond acceptors (Lipinski definition) is 5. The van der Waals surface area contributed by atoms with E-state index in [0.717, 1.165) is 43.4 Å². The summed E-state index contributed by atoms with van der Waals surface area (Å²) in [4.78, 5) is 4.47. The number of ether oxygens (including phenoxy) is 1. The number of nitrogens with two attached hydrogens (primary N) is 1.